The zero-order valence-corrected chi connectivity index (χ0v) is 13.2. The van der Waals surface area contributed by atoms with Gasteiger partial charge in [-0.25, -0.2) is 4.39 Å². The maximum atomic E-state index is 13.8. The number of benzene rings is 1. The van der Waals surface area contributed by atoms with Gasteiger partial charge in [0.1, 0.15) is 0 Å². The third-order valence-electron chi connectivity index (χ3n) is 4.34. The van der Waals surface area contributed by atoms with Crippen LogP contribution in [0, 0.1) is 5.82 Å². The van der Waals surface area contributed by atoms with Gasteiger partial charge in [0.05, 0.1) is 12.7 Å². The molecule has 1 aromatic rings. The third-order valence-corrected chi connectivity index (χ3v) is 4.34. The molecule has 1 N–H and O–H groups in total. The second kappa shape index (κ2) is 7.23. The van der Waals surface area contributed by atoms with Gasteiger partial charge in [-0.2, -0.15) is 0 Å². The van der Waals surface area contributed by atoms with E-state index in [2.05, 4.69) is 19.2 Å². The van der Waals surface area contributed by atoms with E-state index in [0.29, 0.717) is 5.75 Å². The van der Waals surface area contributed by atoms with Crippen molar-refractivity contribution in [2.45, 2.75) is 51.2 Å². The van der Waals surface area contributed by atoms with E-state index >= 15 is 0 Å². The molecule has 1 heterocycles. The maximum absolute atomic E-state index is 13.8. The molecule has 0 amide bonds. The number of methoxy groups -OCH3 is 1. The molecule has 2 atom stereocenters. The predicted molar refractivity (Wildman–Crippen MR) is 82.3 cm³/mol. The highest BCUT2D eigenvalue weighted by molar-refractivity contribution is 5.30. The molecule has 4 heteroatoms. The van der Waals surface area contributed by atoms with Crippen LogP contribution >= 0.6 is 0 Å². The molecule has 1 fully saturated rings. The topological polar surface area (TPSA) is 30.5 Å². The van der Waals surface area contributed by atoms with Gasteiger partial charge < -0.3 is 14.8 Å². The molecule has 0 spiro atoms. The van der Waals surface area contributed by atoms with Crippen molar-refractivity contribution in [1.29, 1.82) is 0 Å². The molecule has 2 rings (SSSR count). The highest BCUT2D eigenvalue weighted by Crippen LogP contribution is 2.30. The highest BCUT2D eigenvalue weighted by Gasteiger charge is 2.36. The first kappa shape index (κ1) is 16.2. The average molecular weight is 295 g/mol. The van der Waals surface area contributed by atoms with Crippen molar-refractivity contribution in [2.24, 2.45) is 0 Å². The fourth-order valence-electron chi connectivity index (χ4n) is 3.05. The quantitative estimate of drug-likeness (QED) is 0.873. The lowest BCUT2D eigenvalue weighted by molar-refractivity contribution is -0.0881. The summed E-state index contributed by atoms with van der Waals surface area (Å²) in [6.07, 6.45) is 4.12. The largest absolute Gasteiger partial charge is 0.494 e. The third kappa shape index (κ3) is 3.95. The van der Waals surface area contributed by atoms with Crippen LogP contribution in [0.4, 0.5) is 4.39 Å². The van der Waals surface area contributed by atoms with Gasteiger partial charge in [-0.15, -0.1) is 0 Å². The van der Waals surface area contributed by atoms with Crippen LogP contribution in [0.15, 0.2) is 18.2 Å². The Balaban J connectivity index is 2.13. The molecule has 1 saturated heterocycles. The lowest BCUT2D eigenvalue weighted by atomic mass is 9.84. The van der Waals surface area contributed by atoms with Gasteiger partial charge in [0, 0.05) is 12.6 Å². The summed E-state index contributed by atoms with van der Waals surface area (Å²) in [4.78, 5) is 0. The molecule has 1 aliphatic rings. The lowest BCUT2D eigenvalue weighted by Crippen LogP contribution is -2.53. The highest BCUT2D eigenvalue weighted by atomic mass is 19.1. The standard InChI is InChI=1S/C17H26FNO2/c1-4-19-16(17(2)9-5-6-10-21-17)12-13-7-8-15(20-3)14(18)11-13/h7-8,11,16,19H,4-6,9-10,12H2,1-3H3. The first-order valence-corrected chi connectivity index (χ1v) is 7.79. The van der Waals surface area contributed by atoms with E-state index in [4.69, 9.17) is 9.47 Å². The van der Waals surface area contributed by atoms with Crippen LogP contribution < -0.4 is 10.1 Å². The van der Waals surface area contributed by atoms with Gasteiger partial charge in [-0.1, -0.05) is 13.0 Å². The van der Waals surface area contributed by atoms with Crippen molar-refractivity contribution in [3.8, 4) is 5.75 Å². The summed E-state index contributed by atoms with van der Waals surface area (Å²) in [5, 5.41) is 3.51. The molecule has 0 aliphatic carbocycles. The zero-order valence-electron chi connectivity index (χ0n) is 13.2. The second-order valence-corrected chi connectivity index (χ2v) is 5.90. The van der Waals surface area contributed by atoms with E-state index in [9.17, 15) is 4.39 Å². The summed E-state index contributed by atoms with van der Waals surface area (Å²) in [7, 11) is 1.48. The molecule has 2 unspecified atom stereocenters. The number of rotatable bonds is 6. The van der Waals surface area contributed by atoms with Gasteiger partial charge >= 0.3 is 0 Å². The van der Waals surface area contributed by atoms with E-state index in [-0.39, 0.29) is 17.5 Å². The van der Waals surface area contributed by atoms with E-state index in [0.717, 1.165) is 38.0 Å². The maximum Gasteiger partial charge on any atom is 0.165 e. The molecule has 0 saturated carbocycles. The van der Waals surface area contributed by atoms with E-state index in [1.54, 1.807) is 12.1 Å². The minimum atomic E-state index is -0.306. The SMILES string of the molecule is CCNC(Cc1ccc(OC)c(F)c1)C1(C)CCCCO1. The fourth-order valence-corrected chi connectivity index (χ4v) is 3.05. The van der Waals surface area contributed by atoms with Crippen LogP contribution in [-0.2, 0) is 11.2 Å². The molecule has 21 heavy (non-hydrogen) atoms. The first-order chi connectivity index (χ1) is 10.1. The van der Waals surface area contributed by atoms with Crippen LogP contribution in [0.5, 0.6) is 5.75 Å². The van der Waals surface area contributed by atoms with Gasteiger partial charge in [0.2, 0.25) is 0 Å². The Bertz CT molecular complexity index is 458. The average Bonchev–Trinajstić information content (AvgIpc) is 2.48. The normalized spacial score (nSPS) is 23.8. The second-order valence-electron chi connectivity index (χ2n) is 5.90. The summed E-state index contributed by atoms with van der Waals surface area (Å²) in [5.41, 5.74) is 0.791. The minimum absolute atomic E-state index is 0.176. The lowest BCUT2D eigenvalue weighted by Gasteiger charge is -2.41. The van der Waals surface area contributed by atoms with Crippen molar-refractivity contribution in [3.05, 3.63) is 29.6 Å². The van der Waals surface area contributed by atoms with E-state index in [1.807, 2.05) is 6.07 Å². The summed E-state index contributed by atoms with van der Waals surface area (Å²) >= 11 is 0. The number of hydrogen-bond acceptors (Lipinski definition) is 3. The molecule has 1 aliphatic heterocycles. The summed E-state index contributed by atoms with van der Waals surface area (Å²) in [6.45, 7) is 5.95. The first-order valence-electron chi connectivity index (χ1n) is 7.79. The number of likely N-dealkylation sites (N-methyl/N-ethyl adjacent to an activating group) is 1. The Morgan fingerprint density at radius 3 is 2.81 bits per heavy atom. The molecule has 0 bridgehead atoms. The monoisotopic (exact) mass is 295 g/mol. The van der Waals surface area contributed by atoms with Crippen molar-refractivity contribution in [3.63, 3.8) is 0 Å². The van der Waals surface area contributed by atoms with Crippen molar-refractivity contribution in [2.75, 3.05) is 20.3 Å². The number of nitrogens with one attached hydrogen (secondary N) is 1. The van der Waals surface area contributed by atoms with Crippen molar-refractivity contribution >= 4 is 0 Å². The number of hydrogen-bond donors (Lipinski definition) is 1. The molecule has 0 aromatic heterocycles. The number of halogens is 1. The minimum Gasteiger partial charge on any atom is -0.494 e. The van der Waals surface area contributed by atoms with Gasteiger partial charge in [0.25, 0.3) is 0 Å². The van der Waals surface area contributed by atoms with Gasteiger partial charge in [0.15, 0.2) is 11.6 Å². The van der Waals surface area contributed by atoms with E-state index in [1.165, 1.54) is 13.5 Å². The predicted octanol–water partition coefficient (Wildman–Crippen LogP) is 3.31. The molecule has 0 radical (unpaired) electrons. The molecular weight excluding hydrogens is 269 g/mol. The van der Waals surface area contributed by atoms with Crippen LogP contribution in [-0.4, -0.2) is 31.9 Å². The Kier molecular flexibility index (Phi) is 5.59. The Morgan fingerprint density at radius 2 is 2.24 bits per heavy atom. The summed E-state index contributed by atoms with van der Waals surface area (Å²) in [6, 6.07) is 5.38. The van der Waals surface area contributed by atoms with E-state index < -0.39 is 0 Å². The molecule has 118 valence electrons. The van der Waals surface area contributed by atoms with Gasteiger partial charge in [-0.3, -0.25) is 0 Å². The van der Waals surface area contributed by atoms with Crippen LogP contribution in [0.2, 0.25) is 0 Å². The van der Waals surface area contributed by atoms with Crippen LogP contribution in [0.1, 0.15) is 38.7 Å². The Hall–Kier alpha value is -1.13. The van der Waals surface area contributed by atoms with Crippen LogP contribution in [0.3, 0.4) is 0 Å². The summed E-state index contributed by atoms with van der Waals surface area (Å²) in [5.74, 6) is -0.0150. The smallest absolute Gasteiger partial charge is 0.165 e. The number of ether oxygens (including phenoxy) is 2. The molecule has 1 aromatic carbocycles. The molecule has 3 nitrogen and oxygen atoms in total. The van der Waals surface area contributed by atoms with Crippen LogP contribution in [0.25, 0.3) is 0 Å². The van der Waals surface area contributed by atoms with Crippen molar-refractivity contribution < 1.29 is 13.9 Å². The Morgan fingerprint density at radius 1 is 1.43 bits per heavy atom. The Labute approximate surface area is 126 Å². The van der Waals surface area contributed by atoms with Gasteiger partial charge in [-0.05, 0) is 56.8 Å². The van der Waals surface area contributed by atoms with Crippen molar-refractivity contribution in [1.82, 2.24) is 5.32 Å². The molecular formula is C17H26FNO2. The fraction of sp³-hybridized carbons (Fsp3) is 0.647. The summed E-state index contributed by atoms with van der Waals surface area (Å²) < 4.78 is 24.9. The zero-order chi connectivity index (χ0) is 15.3.